The van der Waals surface area contributed by atoms with Gasteiger partial charge in [-0.1, -0.05) is 0 Å². The van der Waals surface area contributed by atoms with E-state index in [0.29, 0.717) is 19.8 Å². The van der Waals surface area contributed by atoms with Gasteiger partial charge in [-0.2, -0.15) is 0 Å². The molecule has 0 radical (unpaired) electrons. The Kier molecular flexibility index (Phi) is 5.26. The van der Waals surface area contributed by atoms with Crippen LogP contribution in [0.15, 0.2) is 15.9 Å². The Morgan fingerprint density at radius 1 is 1.33 bits per heavy atom. The maximum atomic E-state index is 5.55. The van der Waals surface area contributed by atoms with E-state index in [2.05, 4.69) is 21.3 Å². The predicted molar refractivity (Wildman–Crippen MR) is 67.4 cm³/mol. The van der Waals surface area contributed by atoms with Gasteiger partial charge in [-0.05, 0) is 48.1 Å². The zero-order valence-corrected chi connectivity index (χ0v) is 11.8. The van der Waals surface area contributed by atoms with Crippen LogP contribution in [0.3, 0.4) is 0 Å². The Labute approximate surface area is 104 Å². The van der Waals surface area contributed by atoms with Crippen molar-refractivity contribution in [3.05, 3.63) is 20.8 Å². The minimum absolute atomic E-state index is 0.0765. The molecule has 0 amide bonds. The third kappa shape index (κ3) is 5.66. The first-order valence-corrected chi connectivity index (χ1v) is 6.60. The average molecular weight is 293 g/mol. The highest BCUT2D eigenvalue weighted by molar-refractivity contribution is 9.10. The number of rotatable bonds is 5. The smallest absolute Gasteiger partial charge is 0.0821 e. The lowest BCUT2D eigenvalue weighted by Gasteiger charge is -2.19. The molecular formula is C11H17BrO2S. The Hall–Kier alpha value is 0.100. The summed E-state index contributed by atoms with van der Waals surface area (Å²) in [5.74, 6) is 0. The Balaban J connectivity index is 2.10. The molecule has 86 valence electrons. The molecule has 0 spiro atoms. The molecule has 0 unspecified atom stereocenters. The van der Waals surface area contributed by atoms with E-state index in [4.69, 9.17) is 9.47 Å². The Morgan fingerprint density at radius 2 is 2.07 bits per heavy atom. The summed E-state index contributed by atoms with van der Waals surface area (Å²) in [5.41, 5.74) is -0.0765. The topological polar surface area (TPSA) is 18.5 Å². The number of ether oxygens (including phenoxy) is 2. The molecule has 1 heterocycles. The zero-order valence-electron chi connectivity index (χ0n) is 9.38. The van der Waals surface area contributed by atoms with E-state index in [9.17, 15) is 0 Å². The van der Waals surface area contributed by atoms with Crippen LogP contribution in [0, 0.1) is 0 Å². The van der Waals surface area contributed by atoms with Gasteiger partial charge in [0.05, 0.1) is 25.4 Å². The average Bonchev–Trinajstić information content (AvgIpc) is 2.49. The van der Waals surface area contributed by atoms with E-state index in [1.807, 2.05) is 26.8 Å². The van der Waals surface area contributed by atoms with Crippen LogP contribution in [0.25, 0.3) is 0 Å². The van der Waals surface area contributed by atoms with E-state index in [1.54, 1.807) is 11.3 Å². The molecule has 4 heteroatoms. The van der Waals surface area contributed by atoms with Crippen molar-refractivity contribution >= 4 is 27.3 Å². The Morgan fingerprint density at radius 3 is 2.60 bits per heavy atom. The van der Waals surface area contributed by atoms with Crippen LogP contribution < -0.4 is 0 Å². The summed E-state index contributed by atoms with van der Waals surface area (Å²) in [5, 5.41) is 2.05. The molecule has 0 aliphatic carbocycles. The van der Waals surface area contributed by atoms with Crippen LogP contribution in [0.2, 0.25) is 0 Å². The second kappa shape index (κ2) is 5.99. The first kappa shape index (κ1) is 13.2. The standard InChI is InChI=1S/C11H17BrO2S/c1-11(2,3)14-6-5-13-8-10-9(12)4-7-15-10/h4,7H,5-6,8H2,1-3H3. The third-order valence-electron chi connectivity index (χ3n) is 1.69. The summed E-state index contributed by atoms with van der Waals surface area (Å²) in [6.07, 6.45) is 0. The van der Waals surface area contributed by atoms with Crippen molar-refractivity contribution in [3.8, 4) is 0 Å². The first-order chi connectivity index (χ1) is 6.99. The van der Waals surface area contributed by atoms with Crippen molar-refractivity contribution in [1.29, 1.82) is 0 Å². The fourth-order valence-corrected chi connectivity index (χ4v) is 2.40. The molecule has 0 fully saturated rings. The normalized spacial score (nSPS) is 12.0. The molecular weight excluding hydrogens is 276 g/mol. The fourth-order valence-electron chi connectivity index (χ4n) is 1.000. The molecule has 0 saturated heterocycles. The second-order valence-electron chi connectivity index (χ2n) is 4.21. The molecule has 0 saturated carbocycles. The van der Waals surface area contributed by atoms with Crippen LogP contribution in [0.1, 0.15) is 25.6 Å². The van der Waals surface area contributed by atoms with Crippen molar-refractivity contribution in [2.24, 2.45) is 0 Å². The summed E-state index contributed by atoms with van der Waals surface area (Å²) in [4.78, 5) is 1.23. The molecule has 0 aliphatic rings. The highest BCUT2D eigenvalue weighted by atomic mass is 79.9. The van der Waals surface area contributed by atoms with Crippen molar-refractivity contribution < 1.29 is 9.47 Å². The molecule has 0 atom stereocenters. The largest absolute Gasteiger partial charge is 0.374 e. The van der Waals surface area contributed by atoms with Gasteiger partial charge in [0.2, 0.25) is 0 Å². The third-order valence-corrected chi connectivity index (χ3v) is 3.59. The molecule has 1 rings (SSSR count). The summed E-state index contributed by atoms with van der Waals surface area (Å²) in [6, 6.07) is 2.04. The highest BCUT2D eigenvalue weighted by Gasteiger charge is 2.09. The van der Waals surface area contributed by atoms with Gasteiger partial charge in [-0.15, -0.1) is 11.3 Å². The van der Waals surface area contributed by atoms with Gasteiger partial charge >= 0.3 is 0 Å². The molecule has 1 aromatic rings. The number of halogens is 1. The molecule has 1 aromatic heterocycles. The van der Waals surface area contributed by atoms with E-state index < -0.39 is 0 Å². The summed E-state index contributed by atoms with van der Waals surface area (Å²) in [7, 11) is 0. The summed E-state index contributed by atoms with van der Waals surface area (Å²) in [6.45, 7) is 8.08. The maximum absolute atomic E-state index is 5.55. The maximum Gasteiger partial charge on any atom is 0.0821 e. The second-order valence-corrected chi connectivity index (χ2v) is 6.06. The summed E-state index contributed by atoms with van der Waals surface area (Å²) >= 11 is 5.17. The molecule has 0 bridgehead atoms. The fraction of sp³-hybridized carbons (Fsp3) is 0.636. The molecule has 0 aliphatic heterocycles. The van der Waals surface area contributed by atoms with Crippen molar-refractivity contribution in [3.63, 3.8) is 0 Å². The zero-order chi connectivity index (χ0) is 11.3. The van der Waals surface area contributed by atoms with Crippen LogP contribution >= 0.6 is 27.3 Å². The quantitative estimate of drug-likeness (QED) is 0.768. The van der Waals surface area contributed by atoms with Gasteiger partial charge in [-0.3, -0.25) is 0 Å². The van der Waals surface area contributed by atoms with Gasteiger partial charge < -0.3 is 9.47 Å². The first-order valence-electron chi connectivity index (χ1n) is 4.92. The van der Waals surface area contributed by atoms with Gasteiger partial charge in [0.15, 0.2) is 0 Å². The Bertz CT molecular complexity index is 291. The number of hydrogen-bond acceptors (Lipinski definition) is 3. The highest BCUT2D eigenvalue weighted by Crippen LogP contribution is 2.23. The van der Waals surface area contributed by atoms with E-state index >= 15 is 0 Å². The van der Waals surface area contributed by atoms with E-state index in [-0.39, 0.29) is 5.60 Å². The lowest BCUT2D eigenvalue weighted by Crippen LogP contribution is -2.21. The number of hydrogen-bond donors (Lipinski definition) is 0. The monoisotopic (exact) mass is 292 g/mol. The number of thiophene rings is 1. The molecule has 0 N–H and O–H groups in total. The lowest BCUT2D eigenvalue weighted by atomic mass is 10.2. The minimum atomic E-state index is -0.0765. The minimum Gasteiger partial charge on any atom is -0.374 e. The van der Waals surface area contributed by atoms with Gasteiger partial charge in [-0.25, -0.2) is 0 Å². The van der Waals surface area contributed by atoms with Crippen molar-refractivity contribution in [2.75, 3.05) is 13.2 Å². The molecule has 15 heavy (non-hydrogen) atoms. The molecule has 0 aromatic carbocycles. The van der Waals surface area contributed by atoms with Crippen LogP contribution in [-0.2, 0) is 16.1 Å². The van der Waals surface area contributed by atoms with Crippen LogP contribution in [-0.4, -0.2) is 18.8 Å². The van der Waals surface area contributed by atoms with E-state index in [1.165, 1.54) is 4.88 Å². The van der Waals surface area contributed by atoms with Gasteiger partial charge in [0, 0.05) is 9.35 Å². The predicted octanol–water partition coefficient (Wildman–Crippen LogP) is 3.84. The van der Waals surface area contributed by atoms with Crippen molar-refractivity contribution in [2.45, 2.75) is 33.0 Å². The molecule has 2 nitrogen and oxygen atoms in total. The SMILES string of the molecule is CC(C)(C)OCCOCc1sccc1Br. The van der Waals surface area contributed by atoms with Crippen molar-refractivity contribution in [1.82, 2.24) is 0 Å². The lowest BCUT2D eigenvalue weighted by molar-refractivity contribution is -0.0374. The van der Waals surface area contributed by atoms with Gasteiger partial charge in [0.1, 0.15) is 0 Å². The van der Waals surface area contributed by atoms with Crippen LogP contribution in [0.5, 0.6) is 0 Å². The van der Waals surface area contributed by atoms with E-state index in [0.717, 1.165) is 4.47 Å². The van der Waals surface area contributed by atoms with Gasteiger partial charge in [0.25, 0.3) is 0 Å². The van der Waals surface area contributed by atoms with Crippen LogP contribution in [0.4, 0.5) is 0 Å². The summed E-state index contributed by atoms with van der Waals surface area (Å²) < 4.78 is 12.2.